The Balaban J connectivity index is 1.30. The third-order valence-corrected chi connectivity index (χ3v) is 4.38. The highest BCUT2D eigenvalue weighted by atomic mass is 16.7. The summed E-state index contributed by atoms with van der Waals surface area (Å²) >= 11 is 0. The third-order valence-electron chi connectivity index (χ3n) is 4.38. The molecule has 24 heavy (non-hydrogen) atoms. The molecule has 0 aromatic heterocycles. The number of hydrogen-bond donors (Lipinski definition) is 0. The second-order valence-electron chi connectivity index (χ2n) is 6.23. The first-order valence-corrected chi connectivity index (χ1v) is 8.82. The van der Waals surface area contributed by atoms with Crippen molar-refractivity contribution in [2.24, 2.45) is 0 Å². The number of carbonyl (C=O) groups excluding carboxylic acids is 1. The van der Waals surface area contributed by atoms with E-state index in [9.17, 15) is 4.79 Å². The summed E-state index contributed by atoms with van der Waals surface area (Å²) in [6.07, 6.45) is 14.4. The molecule has 0 atom stereocenters. The molecule has 2 aliphatic heterocycles. The van der Waals surface area contributed by atoms with Crippen molar-refractivity contribution in [1.82, 2.24) is 4.90 Å². The zero-order chi connectivity index (χ0) is 16.6. The molecule has 1 saturated heterocycles. The van der Waals surface area contributed by atoms with Gasteiger partial charge in [-0.1, -0.05) is 24.3 Å². The number of ether oxygens (including phenoxy) is 2. The van der Waals surface area contributed by atoms with Crippen molar-refractivity contribution in [2.45, 2.75) is 38.5 Å². The molecule has 0 radical (unpaired) electrons. The molecule has 128 valence electrons. The lowest BCUT2D eigenvalue weighted by molar-refractivity contribution is -0.125. The van der Waals surface area contributed by atoms with Crippen LogP contribution in [0.5, 0.6) is 11.5 Å². The Morgan fingerprint density at radius 3 is 2.71 bits per heavy atom. The Morgan fingerprint density at radius 1 is 1.04 bits per heavy atom. The molecule has 0 unspecified atom stereocenters. The van der Waals surface area contributed by atoms with Gasteiger partial charge in [0.2, 0.25) is 12.7 Å². The van der Waals surface area contributed by atoms with Gasteiger partial charge in [-0.05, 0) is 62.3 Å². The fraction of sp³-hybridized carbons (Fsp3) is 0.450. The number of amides is 1. The fourth-order valence-corrected chi connectivity index (χ4v) is 2.99. The number of hydrogen-bond acceptors (Lipinski definition) is 3. The van der Waals surface area contributed by atoms with Crippen molar-refractivity contribution in [3.8, 4) is 11.5 Å². The van der Waals surface area contributed by atoms with E-state index in [1.54, 1.807) is 6.08 Å². The number of unbranched alkanes of at least 4 members (excludes halogenated alkanes) is 2. The molecule has 1 aromatic rings. The van der Waals surface area contributed by atoms with Crippen molar-refractivity contribution in [3.63, 3.8) is 0 Å². The summed E-state index contributed by atoms with van der Waals surface area (Å²) in [5.41, 5.74) is 1.23. The Kier molecular flexibility index (Phi) is 5.94. The van der Waals surface area contributed by atoms with Gasteiger partial charge in [-0.3, -0.25) is 4.79 Å². The predicted molar refractivity (Wildman–Crippen MR) is 94.2 cm³/mol. The maximum Gasteiger partial charge on any atom is 0.246 e. The smallest absolute Gasteiger partial charge is 0.246 e. The number of benzene rings is 1. The second-order valence-corrected chi connectivity index (χ2v) is 6.23. The van der Waals surface area contributed by atoms with Gasteiger partial charge in [-0.2, -0.15) is 0 Å². The molecule has 2 heterocycles. The van der Waals surface area contributed by atoms with Crippen LogP contribution in [0, 0.1) is 0 Å². The van der Waals surface area contributed by atoms with E-state index in [0.717, 1.165) is 63.1 Å². The fourth-order valence-electron chi connectivity index (χ4n) is 2.99. The summed E-state index contributed by atoms with van der Waals surface area (Å²) in [6.45, 7) is 2.17. The van der Waals surface area contributed by atoms with Crippen LogP contribution in [0.4, 0.5) is 0 Å². The first kappa shape index (κ1) is 16.6. The maximum atomic E-state index is 11.8. The van der Waals surface area contributed by atoms with Gasteiger partial charge in [0.25, 0.3) is 0 Å². The zero-order valence-electron chi connectivity index (χ0n) is 14.1. The normalized spacial score (nSPS) is 16.6. The molecule has 0 aliphatic carbocycles. The van der Waals surface area contributed by atoms with Crippen LogP contribution in [0.15, 0.2) is 42.5 Å². The Labute approximate surface area is 143 Å². The van der Waals surface area contributed by atoms with Crippen LogP contribution in [-0.4, -0.2) is 30.7 Å². The molecule has 1 aromatic carbocycles. The highest BCUT2D eigenvalue weighted by Crippen LogP contribution is 2.32. The van der Waals surface area contributed by atoms with Crippen LogP contribution < -0.4 is 9.47 Å². The molecule has 0 bridgehead atoms. The van der Waals surface area contributed by atoms with E-state index >= 15 is 0 Å². The number of carbonyl (C=O) groups is 1. The SMILES string of the molecule is O=C(/C=C/CCC/C=C/Cc1ccc2c(c1)OCO2)N1CCCC1. The molecule has 1 amide bonds. The third kappa shape index (κ3) is 4.63. The predicted octanol–water partition coefficient (Wildman–Crippen LogP) is 3.86. The van der Waals surface area contributed by atoms with Crippen LogP contribution >= 0.6 is 0 Å². The number of rotatable bonds is 7. The lowest BCUT2D eigenvalue weighted by atomic mass is 10.1. The summed E-state index contributed by atoms with van der Waals surface area (Å²) < 4.78 is 10.7. The zero-order valence-corrected chi connectivity index (χ0v) is 14.1. The summed E-state index contributed by atoms with van der Waals surface area (Å²) in [6, 6.07) is 6.08. The minimum absolute atomic E-state index is 0.172. The highest BCUT2D eigenvalue weighted by molar-refractivity contribution is 5.87. The van der Waals surface area contributed by atoms with Crippen LogP contribution in [0.25, 0.3) is 0 Å². The maximum absolute atomic E-state index is 11.8. The van der Waals surface area contributed by atoms with E-state index in [1.165, 1.54) is 5.56 Å². The van der Waals surface area contributed by atoms with Gasteiger partial charge in [0.05, 0.1) is 0 Å². The first-order valence-electron chi connectivity index (χ1n) is 8.82. The van der Waals surface area contributed by atoms with E-state index in [1.807, 2.05) is 23.1 Å². The van der Waals surface area contributed by atoms with E-state index in [-0.39, 0.29) is 5.91 Å². The molecular formula is C20H25NO3. The summed E-state index contributed by atoms with van der Waals surface area (Å²) in [7, 11) is 0. The minimum atomic E-state index is 0.172. The second kappa shape index (κ2) is 8.57. The lowest BCUT2D eigenvalue weighted by Crippen LogP contribution is -2.25. The van der Waals surface area contributed by atoms with Gasteiger partial charge in [0, 0.05) is 13.1 Å². The quantitative estimate of drug-likeness (QED) is 0.434. The Hall–Kier alpha value is -2.23. The van der Waals surface area contributed by atoms with E-state index in [2.05, 4.69) is 18.2 Å². The van der Waals surface area contributed by atoms with Gasteiger partial charge < -0.3 is 14.4 Å². The topological polar surface area (TPSA) is 38.8 Å². The van der Waals surface area contributed by atoms with E-state index in [0.29, 0.717) is 6.79 Å². The first-order chi connectivity index (χ1) is 11.8. The van der Waals surface area contributed by atoms with Crippen molar-refractivity contribution < 1.29 is 14.3 Å². The molecule has 3 rings (SSSR count). The van der Waals surface area contributed by atoms with Crippen LogP contribution in [0.2, 0.25) is 0 Å². The Bertz CT molecular complexity index is 615. The number of nitrogens with zero attached hydrogens (tertiary/aromatic N) is 1. The average molecular weight is 327 g/mol. The molecule has 1 fully saturated rings. The van der Waals surface area contributed by atoms with Crippen molar-refractivity contribution in [3.05, 3.63) is 48.1 Å². The largest absolute Gasteiger partial charge is 0.454 e. The van der Waals surface area contributed by atoms with Crippen molar-refractivity contribution in [2.75, 3.05) is 19.9 Å². The summed E-state index contributed by atoms with van der Waals surface area (Å²) in [4.78, 5) is 13.8. The molecule has 4 heteroatoms. The van der Waals surface area contributed by atoms with Gasteiger partial charge in [-0.15, -0.1) is 0 Å². The van der Waals surface area contributed by atoms with Gasteiger partial charge in [-0.25, -0.2) is 0 Å². The molecule has 4 nitrogen and oxygen atoms in total. The van der Waals surface area contributed by atoms with Crippen LogP contribution in [0.3, 0.4) is 0 Å². The number of likely N-dealkylation sites (tertiary alicyclic amines) is 1. The van der Waals surface area contributed by atoms with Gasteiger partial charge >= 0.3 is 0 Å². The van der Waals surface area contributed by atoms with Crippen LogP contribution in [0.1, 0.15) is 37.7 Å². The molecule has 0 spiro atoms. The molecular weight excluding hydrogens is 302 g/mol. The monoisotopic (exact) mass is 327 g/mol. The standard InChI is InChI=1S/C20H25NO3/c22-20(21-13-7-8-14-21)10-6-4-2-1-3-5-9-17-11-12-18-19(15-17)24-16-23-18/h3,5-6,10-12,15H,1-2,4,7-9,13-14,16H2/b5-3+,10-6+. The number of allylic oxidation sites excluding steroid dienone is 3. The minimum Gasteiger partial charge on any atom is -0.454 e. The van der Waals surface area contributed by atoms with Crippen molar-refractivity contribution >= 4 is 5.91 Å². The van der Waals surface area contributed by atoms with E-state index in [4.69, 9.17) is 9.47 Å². The van der Waals surface area contributed by atoms with Crippen molar-refractivity contribution in [1.29, 1.82) is 0 Å². The van der Waals surface area contributed by atoms with Gasteiger partial charge in [0.15, 0.2) is 11.5 Å². The lowest BCUT2D eigenvalue weighted by Gasteiger charge is -2.11. The average Bonchev–Trinajstić information content (AvgIpc) is 3.28. The Morgan fingerprint density at radius 2 is 1.83 bits per heavy atom. The van der Waals surface area contributed by atoms with Gasteiger partial charge in [0.1, 0.15) is 0 Å². The highest BCUT2D eigenvalue weighted by Gasteiger charge is 2.14. The summed E-state index contributed by atoms with van der Waals surface area (Å²) in [5, 5.41) is 0. The molecule has 0 N–H and O–H groups in total. The summed E-state index contributed by atoms with van der Waals surface area (Å²) in [5.74, 6) is 1.84. The molecule has 0 saturated carbocycles. The van der Waals surface area contributed by atoms with Crippen LogP contribution in [-0.2, 0) is 11.2 Å². The van der Waals surface area contributed by atoms with E-state index < -0.39 is 0 Å². The number of fused-ring (bicyclic) bond motifs is 1. The molecule has 2 aliphatic rings.